The van der Waals surface area contributed by atoms with E-state index in [1.165, 1.54) is 17.7 Å². The number of aryl methyl sites for hydroxylation is 1. The van der Waals surface area contributed by atoms with Gasteiger partial charge in [-0.25, -0.2) is 8.78 Å². The van der Waals surface area contributed by atoms with E-state index in [0.29, 0.717) is 18.0 Å². The number of fused-ring (bicyclic) bond motifs is 1. The zero-order valence-electron chi connectivity index (χ0n) is 11.4. The molecule has 1 nitrogen and oxygen atoms in total. The van der Waals surface area contributed by atoms with Crippen LogP contribution in [-0.2, 0) is 12.8 Å². The van der Waals surface area contributed by atoms with Crippen molar-refractivity contribution in [3.8, 4) is 0 Å². The summed E-state index contributed by atoms with van der Waals surface area (Å²) in [5, 5.41) is 3.44. The van der Waals surface area contributed by atoms with E-state index in [-0.39, 0.29) is 5.82 Å². The maximum atomic E-state index is 13.7. The second kappa shape index (κ2) is 5.23. The molecule has 1 aliphatic heterocycles. The Morgan fingerprint density at radius 2 is 2.00 bits per heavy atom. The fourth-order valence-electron chi connectivity index (χ4n) is 2.71. The van der Waals surface area contributed by atoms with Gasteiger partial charge in [0.15, 0.2) is 0 Å². The molecule has 0 aromatic heterocycles. The van der Waals surface area contributed by atoms with Crippen LogP contribution in [0.2, 0.25) is 0 Å². The van der Waals surface area contributed by atoms with Gasteiger partial charge >= 0.3 is 0 Å². The lowest BCUT2D eigenvalue weighted by molar-refractivity contribution is 0.588. The van der Waals surface area contributed by atoms with Gasteiger partial charge in [-0.15, -0.1) is 0 Å². The zero-order valence-corrected chi connectivity index (χ0v) is 11.4. The van der Waals surface area contributed by atoms with Crippen LogP contribution in [0.15, 0.2) is 36.4 Å². The largest absolute Gasteiger partial charge is 0.382 e. The smallest absolute Gasteiger partial charge is 0.126 e. The highest BCUT2D eigenvalue weighted by atomic mass is 19.1. The van der Waals surface area contributed by atoms with E-state index in [1.807, 2.05) is 12.1 Å². The summed E-state index contributed by atoms with van der Waals surface area (Å²) in [6.45, 7) is 2.17. The Hall–Kier alpha value is -1.90. The minimum Gasteiger partial charge on any atom is -0.382 e. The summed E-state index contributed by atoms with van der Waals surface area (Å²) in [4.78, 5) is 0. The van der Waals surface area contributed by atoms with Crippen molar-refractivity contribution in [2.45, 2.75) is 32.2 Å². The predicted octanol–water partition coefficient (Wildman–Crippen LogP) is 4.30. The van der Waals surface area contributed by atoms with Crippen molar-refractivity contribution in [1.29, 1.82) is 0 Å². The molecule has 3 heteroatoms. The lowest BCUT2D eigenvalue weighted by atomic mass is 9.95. The molecule has 3 rings (SSSR count). The monoisotopic (exact) mass is 273 g/mol. The van der Waals surface area contributed by atoms with Gasteiger partial charge in [-0.3, -0.25) is 0 Å². The number of nitrogens with one attached hydrogen (secondary N) is 1. The van der Waals surface area contributed by atoms with Crippen LogP contribution in [0.3, 0.4) is 0 Å². The molecule has 2 aromatic rings. The predicted molar refractivity (Wildman–Crippen MR) is 77.0 cm³/mol. The number of benzene rings is 2. The standard InChI is InChI=1S/C17H17F2N/c1-11-2-4-13-8-12(3-7-17(13)20-11)9-14-10-15(18)5-6-16(14)19/h3,5-8,10-11,20H,2,4,9H2,1H3. The summed E-state index contributed by atoms with van der Waals surface area (Å²) in [7, 11) is 0. The Bertz CT molecular complexity index is 637. The average Bonchev–Trinajstić information content (AvgIpc) is 2.43. The van der Waals surface area contributed by atoms with Gasteiger partial charge in [-0.1, -0.05) is 12.1 Å². The third kappa shape index (κ3) is 2.67. The molecule has 0 aliphatic carbocycles. The highest BCUT2D eigenvalue weighted by molar-refractivity contribution is 5.55. The van der Waals surface area contributed by atoms with Crippen LogP contribution in [0.25, 0.3) is 0 Å². The molecule has 0 saturated heterocycles. The molecule has 1 atom stereocenters. The Balaban J connectivity index is 1.86. The van der Waals surface area contributed by atoms with Crippen molar-refractivity contribution in [2.24, 2.45) is 0 Å². The first kappa shape index (κ1) is 13.1. The first-order valence-electron chi connectivity index (χ1n) is 6.94. The topological polar surface area (TPSA) is 12.0 Å². The number of hydrogen-bond donors (Lipinski definition) is 1. The van der Waals surface area contributed by atoms with Crippen molar-refractivity contribution < 1.29 is 8.78 Å². The number of anilines is 1. The second-order valence-electron chi connectivity index (χ2n) is 5.49. The lowest BCUT2D eigenvalue weighted by Gasteiger charge is -2.24. The van der Waals surface area contributed by atoms with Crippen LogP contribution in [0.4, 0.5) is 14.5 Å². The molecule has 2 aromatic carbocycles. The molecule has 1 N–H and O–H groups in total. The fourth-order valence-corrected chi connectivity index (χ4v) is 2.71. The maximum absolute atomic E-state index is 13.7. The van der Waals surface area contributed by atoms with Crippen molar-refractivity contribution in [3.63, 3.8) is 0 Å². The average molecular weight is 273 g/mol. The molecule has 0 radical (unpaired) electrons. The molecule has 20 heavy (non-hydrogen) atoms. The van der Waals surface area contributed by atoms with Gasteiger partial charge in [-0.2, -0.15) is 0 Å². The van der Waals surface area contributed by atoms with E-state index >= 15 is 0 Å². The van der Waals surface area contributed by atoms with Crippen LogP contribution in [0, 0.1) is 11.6 Å². The molecule has 0 amide bonds. The van der Waals surface area contributed by atoms with Crippen molar-refractivity contribution >= 4 is 5.69 Å². The van der Waals surface area contributed by atoms with E-state index in [2.05, 4.69) is 18.3 Å². The number of hydrogen-bond acceptors (Lipinski definition) is 1. The molecule has 1 unspecified atom stereocenters. The van der Waals surface area contributed by atoms with E-state index in [1.54, 1.807) is 0 Å². The highest BCUT2D eigenvalue weighted by Crippen LogP contribution is 2.27. The Labute approximate surface area is 117 Å². The van der Waals surface area contributed by atoms with E-state index in [9.17, 15) is 8.78 Å². The van der Waals surface area contributed by atoms with Crippen LogP contribution >= 0.6 is 0 Å². The second-order valence-corrected chi connectivity index (χ2v) is 5.49. The molecule has 1 heterocycles. The van der Waals surface area contributed by atoms with Crippen molar-refractivity contribution in [3.05, 3.63) is 64.7 Å². The number of halogens is 2. The van der Waals surface area contributed by atoms with Crippen LogP contribution in [0.1, 0.15) is 30.0 Å². The third-order valence-electron chi connectivity index (χ3n) is 3.82. The lowest BCUT2D eigenvalue weighted by Crippen LogP contribution is -2.21. The minimum atomic E-state index is -0.394. The Morgan fingerprint density at radius 3 is 2.85 bits per heavy atom. The van der Waals surface area contributed by atoms with Gasteiger partial charge < -0.3 is 5.32 Å². The normalized spacial score (nSPS) is 17.4. The van der Waals surface area contributed by atoms with Gasteiger partial charge in [0.2, 0.25) is 0 Å². The third-order valence-corrected chi connectivity index (χ3v) is 3.82. The SMILES string of the molecule is CC1CCc2cc(Cc3cc(F)ccc3F)ccc2N1. The molecule has 104 valence electrons. The summed E-state index contributed by atoms with van der Waals surface area (Å²) >= 11 is 0. The zero-order chi connectivity index (χ0) is 14.1. The van der Waals surface area contributed by atoms with Crippen LogP contribution < -0.4 is 5.32 Å². The van der Waals surface area contributed by atoms with Gasteiger partial charge in [0, 0.05) is 18.2 Å². The Morgan fingerprint density at radius 1 is 1.15 bits per heavy atom. The van der Waals surface area contributed by atoms with Gasteiger partial charge in [-0.05, 0) is 60.7 Å². The van der Waals surface area contributed by atoms with Crippen LogP contribution in [-0.4, -0.2) is 6.04 Å². The molecule has 0 fully saturated rings. The molecular weight excluding hydrogens is 256 g/mol. The first-order chi connectivity index (χ1) is 9.61. The summed E-state index contributed by atoms with van der Waals surface area (Å²) in [5.74, 6) is -0.745. The molecule has 1 aliphatic rings. The number of rotatable bonds is 2. The highest BCUT2D eigenvalue weighted by Gasteiger charge is 2.14. The van der Waals surface area contributed by atoms with Gasteiger partial charge in [0.25, 0.3) is 0 Å². The fraction of sp³-hybridized carbons (Fsp3) is 0.294. The Kier molecular flexibility index (Phi) is 3.43. The summed E-state index contributed by atoms with van der Waals surface area (Å²) < 4.78 is 26.9. The van der Waals surface area contributed by atoms with Gasteiger partial charge in [0.1, 0.15) is 11.6 Å². The molecule has 0 bridgehead atoms. The summed E-state index contributed by atoms with van der Waals surface area (Å²) in [6.07, 6.45) is 2.56. The quantitative estimate of drug-likeness (QED) is 0.860. The summed E-state index contributed by atoms with van der Waals surface area (Å²) in [5.41, 5.74) is 3.84. The maximum Gasteiger partial charge on any atom is 0.126 e. The first-order valence-corrected chi connectivity index (χ1v) is 6.94. The van der Waals surface area contributed by atoms with Gasteiger partial charge in [0.05, 0.1) is 0 Å². The summed E-state index contributed by atoms with van der Waals surface area (Å²) in [6, 6.07) is 10.2. The van der Waals surface area contributed by atoms with E-state index < -0.39 is 5.82 Å². The molecular formula is C17H17F2N. The molecule has 0 spiro atoms. The molecule has 0 saturated carbocycles. The van der Waals surface area contributed by atoms with Crippen molar-refractivity contribution in [2.75, 3.05) is 5.32 Å². The van der Waals surface area contributed by atoms with Crippen molar-refractivity contribution in [1.82, 2.24) is 0 Å². The van der Waals surface area contributed by atoms with E-state index in [0.717, 1.165) is 30.2 Å². The van der Waals surface area contributed by atoms with Crippen LogP contribution in [0.5, 0.6) is 0 Å². The minimum absolute atomic E-state index is 0.351. The van der Waals surface area contributed by atoms with E-state index in [4.69, 9.17) is 0 Å².